The molecule has 5 nitrogen and oxygen atoms in total. The van der Waals surface area contributed by atoms with Gasteiger partial charge >= 0.3 is 5.97 Å². The van der Waals surface area contributed by atoms with E-state index in [1.165, 1.54) is 0 Å². The SMILES string of the molecule is CCOc1cc(/C=C2\N=C(c3ccc(I)cc3)OC2=O)cc(Br)c1OCc1cccc(Cl)c1. The Morgan fingerprint density at radius 3 is 2.64 bits per heavy atom. The Kier molecular flexibility index (Phi) is 7.72. The molecule has 0 saturated carbocycles. The predicted molar refractivity (Wildman–Crippen MR) is 141 cm³/mol. The zero-order valence-corrected chi connectivity index (χ0v) is 22.0. The Morgan fingerprint density at radius 1 is 1.12 bits per heavy atom. The van der Waals surface area contributed by atoms with Crippen molar-refractivity contribution in [3.05, 3.63) is 96.1 Å². The number of cyclic esters (lactones) is 1. The summed E-state index contributed by atoms with van der Waals surface area (Å²) >= 11 is 11.8. The van der Waals surface area contributed by atoms with E-state index >= 15 is 0 Å². The molecule has 0 amide bonds. The third kappa shape index (κ3) is 5.96. The van der Waals surface area contributed by atoms with E-state index in [0.717, 1.165) is 20.3 Å². The van der Waals surface area contributed by atoms with E-state index in [1.54, 1.807) is 12.1 Å². The van der Waals surface area contributed by atoms with E-state index in [9.17, 15) is 4.79 Å². The summed E-state index contributed by atoms with van der Waals surface area (Å²) < 4.78 is 19.0. The molecule has 0 aliphatic carbocycles. The number of carbonyl (C=O) groups excluding carboxylic acids is 1. The van der Waals surface area contributed by atoms with Crippen molar-refractivity contribution in [2.45, 2.75) is 13.5 Å². The molecule has 8 heteroatoms. The molecule has 3 aromatic rings. The number of benzene rings is 3. The van der Waals surface area contributed by atoms with Gasteiger partial charge in [0.05, 0.1) is 11.1 Å². The Bertz CT molecular complexity index is 1260. The lowest BCUT2D eigenvalue weighted by atomic mass is 10.1. The van der Waals surface area contributed by atoms with Crippen LogP contribution in [0, 0.1) is 3.57 Å². The number of aliphatic imine (C=N–C) groups is 1. The molecule has 0 spiro atoms. The molecule has 0 atom stereocenters. The first-order chi connectivity index (χ1) is 15.9. The van der Waals surface area contributed by atoms with E-state index in [-0.39, 0.29) is 11.6 Å². The molecule has 3 aromatic carbocycles. The molecule has 33 heavy (non-hydrogen) atoms. The summed E-state index contributed by atoms with van der Waals surface area (Å²) in [7, 11) is 0. The van der Waals surface area contributed by atoms with E-state index in [4.69, 9.17) is 25.8 Å². The highest BCUT2D eigenvalue weighted by molar-refractivity contribution is 14.1. The minimum Gasteiger partial charge on any atom is -0.490 e. The summed E-state index contributed by atoms with van der Waals surface area (Å²) in [5.74, 6) is 0.900. The van der Waals surface area contributed by atoms with Crippen molar-refractivity contribution < 1.29 is 19.0 Å². The van der Waals surface area contributed by atoms with Crippen molar-refractivity contribution in [2.24, 2.45) is 4.99 Å². The lowest BCUT2D eigenvalue weighted by Gasteiger charge is -2.15. The number of ether oxygens (including phenoxy) is 3. The molecule has 0 radical (unpaired) electrons. The fourth-order valence-electron chi connectivity index (χ4n) is 3.14. The second kappa shape index (κ2) is 10.7. The van der Waals surface area contributed by atoms with Crippen LogP contribution in [-0.2, 0) is 16.1 Å². The number of nitrogens with zero attached hydrogens (tertiary/aromatic N) is 1. The van der Waals surface area contributed by atoms with Crippen LogP contribution in [0.2, 0.25) is 5.02 Å². The minimum absolute atomic E-state index is 0.213. The maximum atomic E-state index is 12.4. The molecule has 4 rings (SSSR count). The molecule has 0 unspecified atom stereocenters. The van der Waals surface area contributed by atoms with Crippen LogP contribution in [0.1, 0.15) is 23.6 Å². The molecule has 168 valence electrons. The number of rotatable bonds is 7. The highest BCUT2D eigenvalue weighted by Gasteiger charge is 2.24. The van der Waals surface area contributed by atoms with Crippen molar-refractivity contribution in [2.75, 3.05) is 6.61 Å². The maximum absolute atomic E-state index is 12.4. The molecular weight excluding hydrogens is 621 g/mol. The van der Waals surface area contributed by atoms with E-state index in [0.29, 0.717) is 34.2 Å². The topological polar surface area (TPSA) is 57.1 Å². The first kappa shape index (κ1) is 23.8. The Labute approximate surface area is 218 Å². The zero-order valence-electron chi connectivity index (χ0n) is 17.5. The average Bonchev–Trinajstić information content (AvgIpc) is 3.14. The molecular formula is C25H18BrClINO4. The molecule has 0 N–H and O–H groups in total. The number of esters is 1. The molecule has 0 fully saturated rings. The molecule has 1 aliphatic rings. The van der Waals surface area contributed by atoms with Gasteiger partial charge in [-0.15, -0.1) is 0 Å². The van der Waals surface area contributed by atoms with Crippen LogP contribution in [0.3, 0.4) is 0 Å². The second-order valence-electron chi connectivity index (χ2n) is 7.02. The van der Waals surface area contributed by atoms with Crippen molar-refractivity contribution in [3.63, 3.8) is 0 Å². The monoisotopic (exact) mass is 637 g/mol. The van der Waals surface area contributed by atoms with Crippen LogP contribution in [0.4, 0.5) is 0 Å². The second-order valence-corrected chi connectivity index (χ2v) is 9.56. The summed E-state index contributed by atoms with van der Waals surface area (Å²) in [6.07, 6.45) is 1.66. The summed E-state index contributed by atoms with van der Waals surface area (Å²) in [5, 5.41) is 0.649. The third-order valence-corrected chi connectivity index (χ3v) is 6.16. The van der Waals surface area contributed by atoms with Crippen molar-refractivity contribution in [1.82, 2.24) is 0 Å². The van der Waals surface area contributed by atoms with Gasteiger partial charge in [0, 0.05) is 14.2 Å². The van der Waals surface area contributed by atoms with Gasteiger partial charge in [-0.1, -0.05) is 23.7 Å². The lowest BCUT2D eigenvalue weighted by molar-refractivity contribution is -0.129. The van der Waals surface area contributed by atoms with Crippen molar-refractivity contribution in [3.8, 4) is 11.5 Å². The molecule has 0 saturated heterocycles. The first-order valence-corrected chi connectivity index (χ1v) is 12.3. The minimum atomic E-state index is -0.501. The van der Waals surface area contributed by atoms with Crippen LogP contribution < -0.4 is 9.47 Å². The maximum Gasteiger partial charge on any atom is 0.363 e. The van der Waals surface area contributed by atoms with Crippen molar-refractivity contribution >= 4 is 68.1 Å². The quantitative estimate of drug-likeness (QED) is 0.159. The Morgan fingerprint density at radius 2 is 1.91 bits per heavy atom. The Hall–Kier alpha value is -2.36. The van der Waals surface area contributed by atoms with Gasteiger partial charge in [-0.3, -0.25) is 0 Å². The highest BCUT2D eigenvalue weighted by atomic mass is 127. The van der Waals surface area contributed by atoms with Crippen LogP contribution in [0.15, 0.2) is 75.8 Å². The molecule has 0 bridgehead atoms. The van der Waals surface area contributed by atoms with E-state index in [1.807, 2.05) is 61.5 Å². The largest absolute Gasteiger partial charge is 0.490 e. The van der Waals surface area contributed by atoms with Gasteiger partial charge in [-0.05, 0) is 111 Å². The van der Waals surface area contributed by atoms with E-state index in [2.05, 4.69) is 43.5 Å². The van der Waals surface area contributed by atoms with Gasteiger partial charge in [-0.2, -0.15) is 0 Å². The third-order valence-electron chi connectivity index (χ3n) is 4.62. The van der Waals surface area contributed by atoms with E-state index < -0.39 is 5.97 Å². The molecule has 1 heterocycles. The van der Waals surface area contributed by atoms with Crippen LogP contribution >= 0.6 is 50.1 Å². The fraction of sp³-hybridized carbons (Fsp3) is 0.120. The molecule has 0 aromatic heterocycles. The number of carbonyl (C=O) groups is 1. The smallest absolute Gasteiger partial charge is 0.363 e. The standard InChI is InChI=1S/C25H18BrClINO4/c1-2-31-22-13-16(11-20(26)23(22)32-14-15-4-3-5-18(27)10-15)12-21-25(30)33-24(29-21)17-6-8-19(28)9-7-17/h3-13H,2,14H2,1H3/b21-12-. The summed E-state index contributed by atoms with van der Waals surface area (Å²) in [6.45, 7) is 2.68. The van der Waals surface area contributed by atoms with Gasteiger partial charge < -0.3 is 14.2 Å². The van der Waals surface area contributed by atoms with Gasteiger partial charge in [-0.25, -0.2) is 9.79 Å². The van der Waals surface area contributed by atoms with Crippen LogP contribution in [0.5, 0.6) is 11.5 Å². The van der Waals surface area contributed by atoms with Crippen LogP contribution in [0.25, 0.3) is 6.08 Å². The number of halogens is 3. The number of hydrogen-bond donors (Lipinski definition) is 0. The normalized spacial score (nSPS) is 14.2. The van der Waals surface area contributed by atoms with Gasteiger partial charge in [0.15, 0.2) is 17.2 Å². The first-order valence-electron chi connectivity index (χ1n) is 10.0. The highest BCUT2D eigenvalue weighted by Crippen LogP contribution is 2.38. The van der Waals surface area contributed by atoms with Crippen molar-refractivity contribution in [1.29, 1.82) is 0 Å². The fourth-order valence-corrected chi connectivity index (χ4v) is 4.29. The number of hydrogen-bond acceptors (Lipinski definition) is 5. The molecule has 1 aliphatic heterocycles. The summed E-state index contributed by atoms with van der Waals surface area (Å²) in [5.41, 5.74) is 2.62. The van der Waals surface area contributed by atoms with Gasteiger partial charge in [0.25, 0.3) is 0 Å². The summed E-state index contributed by atoms with van der Waals surface area (Å²) in [4.78, 5) is 16.8. The average molecular weight is 639 g/mol. The van der Waals surface area contributed by atoms with Gasteiger partial charge in [0.1, 0.15) is 6.61 Å². The van der Waals surface area contributed by atoms with Gasteiger partial charge in [0.2, 0.25) is 5.90 Å². The predicted octanol–water partition coefficient (Wildman–Crippen LogP) is 7.03. The zero-order chi connectivity index (χ0) is 23.4. The summed E-state index contributed by atoms with van der Waals surface area (Å²) in [6, 6.07) is 18.7. The Balaban J connectivity index is 1.61. The van der Waals surface area contributed by atoms with Crippen LogP contribution in [-0.4, -0.2) is 18.5 Å². The lowest BCUT2D eigenvalue weighted by Crippen LogP contribution is -2.05.